The molecular weight excluding hydrogens is 364 g/mol. The summed E-state index contributed by atoms with van der Waals surface area (Å²) in [6, 6.07) is 0. The third-order valence-electron chi connectivity index (χ3n) is 7.65. The quantitative estimate of drug-likeness (QED) is 0.665. The molecule has 0 aromatic rings. The van der Waals surface area contributed by atoms with E-state index in [0.29, 0.717) is 30.7 Å². The lowest BCUT2D eigenvalue weighted by atomic mass is 9.79. The van der Waals surface area contributed by atoms with Gasteiger partial charge >= 0.3 is 0 Å². The molecule has 5 heteroatoms. The number of hydrogen-bond donors (Lipinski definition) is 0. The van der Waals surface area contributed by atoms with Gasteiger partial charge in [-0.15, -0.1) is 0 Å². The maximum Gasteiger partial charge on any atom is 0.233 e. The van der Waals surface area contributed by atoms with Crippen LogP contribution >= 0.6 is 0 Å². The van der Waals surface area contributed by atoms with Crippen molar-refractivity contribution in [1.29, 1.82) is 0 Å². The van der Waals surface area contributed by atoms with Crippen LogP contribution in [0.4, 0.5) is 0 Å². The van der Waals surface area contributed by atoms with Crippen molar-refractivity contribution in [3.05, 3.63) is 0 Å². The Labute approximate surface area is 176 Å². The summed E-state index contributed by atoms with van der Waals surface area (Å²) in [5.74, 6) is 1.18. The normalized spacial score (nSPS) is 31.7. The first-order chi connectivity index (χ1) is 13.4. The first kappa shape index (κ1) is 22.3. The van der Waals surface area contributed by atoms with Crippen molar-refractivity contribution in [1.82, 2.24) is 9.80 Å². The Bertz CT molecular complexity index is 650. The predicted octanol–water partition coefficient (Wildman–Crippen LogP) is 4.11. The summed E-state index contributed by atoms with van der Waals surface area (Å²) in [5, 5.41) is 0. The third-order valence-corrected chi connectivity index (χ3v) is 7.65. The number of imide groups is 1. The molecule has 0 radical (unpaired) electrons. The second kappa shape index (κ2) is 8.03. The van der Waals surface area contributed by atoms with E-state index in [1.54, 1.807) is 0 Å². The van der Waals surface area contributed by atoms with Gasteiger partial charge in [0.15, 0.2) is 0 Å². The molecule has 2 heterocycles. The SMILES string of the molecule is CC(C)(C)C1CC(=O)N(CC2CCC(C(=O)N3CC[C@H](C(C)(C)C)C3)CC2)C1=O. The summed E-state index contributed by atoms with van der Waals surface area (Å²) in [7, 11) is 0. The molecule has 2 saturated heterocycles. The zero-order chi connectivity index (χ0) is 21.6. The van der Waals surface area contributed by atoms with Crippen LogP contribution < -0.4 is 0 Å². The van der Waals surface area contributed by atoms with E-state index < -0.39 is 0 Å². The van der Waals surface area contributed by atoms with Gasteiger partial charge in [-0.2, -0.15) is 0 Å². The van der Waals surface area contributed by atoms with Crippen LogP contribution in [0.1, 0.15) is 80.1 Å². The predicted molar refractivity (Wildman–Crippen MR) is 114 cm³/mol. The summed E-state index contributed by atoms with van der Waals surface area (Å²) < 4.78 is 0. The Morgan fingerprint density at radius 3 is 2.03 bits per heavy atom. The zero-order valence-electron chi connectivity index (χ0n) is 19.3. The molecule has 164 valence electrons. The Hall–Kier alpha value is -1.39. The van der Waals surface area contributed by atoms with Gasteiger partial charge in [-0.3, -0.25) is 19.3 Å². The second-order valence-electron chi connectivity index (χ2n) is 11.8. The van der Waals surface area contributed by atoms with E-state index in [0.717, 1.165) is 45.2 Å². The Morgan fingerprint density at radius 2 is 1.55 bits per heavy atom. The van der Waals surface area contributed by atoms with Crippen LogP contribution in [0.15, 0.2) is 0 Å². The van der Waals surface area contributed by atoms with Crippen molar-refractivity contribution in [2.75, 3.05) is 19.6 Å². The minimum atomic E-state index is -0.196. The van der Waals surface area contributed by atoms with Crippen LogP contribution in [0.2, 0.25) is 0 Å². The minimum absolute atomic E-state index is 0.00555. The highest BCUT2D eigenvalue weighted by Gasteiger charge is 2.45. The van der Waals surface area contributed by atoms with E-state index >= 15 is 0 Å². The monoisotopic (exact) mass is 404 g/mol. The molecule has 0 aromatic carbocycles. The number of likely N-dealkylation sites (tertiary alicyclic amines) is 2. The number of amides is 3. The van der Waals surface area contributed by atoms with Gasteiger partial charge in [0.25, 0.3) is 0 Å². The average molecular weight is 405 g/mol. The molecule has 0 N–H and O–H groups in total. The first-order valence-corrected chi connectivity index (χ1v) is 11.5. The van der Waals surface area contributed by atoms with Crippen molar-refractivity contribution in [3.8, 4) is 0 Å². The maximum atomic E-state index is 13.0. The molecule has 2 atom stereocenters. The number of carbonyl (C=O) groups excluding carboxylic acids is 3. The molecular formula is C24H40N2O3. The standard InChI is InChI=1S/C24H40N2O3/c1-23(2,3)18-11-12-25(15-18)21(28)17-9-7-16(8-10-17)14-26-20(27)13-19(22(26)29)24(4,5)6/h16-19H,7-15H2,1-6H3/t16?,17?,18-,19?/m0/s1. The first-order valence-electron chi connectivity index (χ1n) is 11.5. The van der Waals surface area contributed by atoms with Crippen molar-refractivity contribution in [2.45, 2.75) is 80.1 Å². The number of rotatable bonds is 3. The molecule has 0 aromatic heterocycles. The smallest absolute Gasteiger partial charge is 0.233 e. The molecule has 1 aliphatic carbocycles. The number of carbonyl (C=O) groups is 3. The third kappa shape index (κ3) is 4.86. The lowest BCUT2D eigenvalue weighted by Crippen LogP contribution is -2.40. The molecule has 1 saturated carbocycles. The van der Waals surface area contributed by atoms with Crippen LogP contribution in [0.5, 0.6) is 0 Å². The van der Waals surface area contributed by atoms with E-state index in [4.69, 9.17) is 0 Å². The fourth-order valence-electron chi connectivity index (χ4n) is 5.33. The number of hydrogen-bond acceptors (Lipinski definition) is 3. The van der Waals surface area contributed by atoms with Crippen LogP contribution in [-0.2, 0) is 14.4 Å². The van der Waals surface area contributed by atoms with Gasteiger partial charge in [0.05, 0.1) is 5.92 Å². The largest absolute Gasteiger partial charge is 0.342 e. The fraction of sp³-hybridized carbons (Fsp3) is 0.875. The number of nitrogens with zero attached hydrogens (tertiary/aromatic N) is 2. The Kier molecular flexibility index (Phi) is 6.18. The lowest BCUT2D eigenvalue weighted by Gasteiger charge is -2.33. The van der Waals surface area contributed by atoms with Crippen molar-refractivity contribution in [3.63, 3.8) is 0 Å². The van der Waals surface area contributed by atoms with Gasteiger partial charge in [0, 0.05) is 32.0 Å². The molecule has 1 unspecified atom stereocenters. The van der Waals surface area contributed by atoms with Crippen molar-refractivity contribution in [2.24, 2.45) is 34.5 Å². The van der Waals surface area contributed by atoms with E-state index in [1.165, 1.54) is 4.90 Å². The molecule has 3 fully saturated rings. The summed E-state index contributed by atoms with van der Waals surface area (Å²) in [6.45, 7) is 15.2. The Morgan fingerprint density at radius 1 is 0.931 bits per heavy atom. The molecule has 0 spiro atoms. The topological polar surface area (TPSA) is 57.7 Å². The molecule has 2 aliphatic heterocycles. The minimum Gasteiger partial charge on any atom is -0.342 e. The highest BCUT2D eigenvalue weighted by molar-refractivity contribution is 6.03. The highest BCUT2D eigenvalue weighted by Crippen LogP contribution is 2.39. The van der Waals surface area contributed by atoms with Crippen LogP contribution in [0.3, 0.4) is 0 Å². The molecule has 3 amide bonds. The average Bonchev–Trinajstić information content (AvgIpc) is 3.22. The van der Waals surface area contributed by atoms with Crippen LogP contribution in [0.25, 0.3) is 0 Å². The van der Waals surface area contributed by atoms with Gasteiger partial charge in [0.2, 0.25) is 17.7 Å². The van der Waals surface area contributed by atoms with E-state index in [-0.39, 0.29) is 34.5 Å². The van der Waals surface area contributed by atoms with Gasteiger partial charge in [-0.1, -0.05) is 41.5 Å². The Balaban J connectivity index is 1.49. The highest BCUT2D eigenvalue weighted by atomic mass is 16.2. The van der Waals surface area contributed by atoms with Crippen molar-refractivity contribution >= 4 is 17.7 Å². The van der Waals surface area contributed by atoms with Gasteiger partial charge in [0.1, 0.15) is 0 Å². The van der Waals surface area contributed by atoms with E-state index in [2.05, 4.69) is 25.7 Å². The van der Waals surface area contributed by atoms with Crippen LogP contribution in [-0.4, -0.2) is 47.2 Å². The molecule has 0 bridgehead atoms. The van der Waals surface area contributed by atoms with E-state index in [9.17, 15) is 14.4 Å². The summed E-state index contributed by atoms with van der Waals surface area (Å²) in [5.41, 5.74) is 0.0820. The molecule has 5 nitrogen and oxygen atoms in total. The van der Waals surface area contributed by atoms with Gasteiger partial charge in [-0.25, -0.2) is 0 Å². The molecule has 3 aliphatic rings. The van der Waals surface area contributed by atoms with Gasteiger partial charge in [-0.05, 0) is 54.8 Å². The zero-order valence-corrected chi connectivity index (χ0v) is 19.3. The fourth-order valence-corrected chi connectivity index (χ4v) is 5.33. The summed E-state index contributed by atoms with van der Waals surface area (Å²) >= 11 is 0. The molecule has 3 rings (SSSR count). The molecule has 29 heavy (non-hydrogen) atoms. The van der Waals surface area contributed by atoms with Crippen molar-refractivity contribution < 1.29 is 14.4 Å². The van der Waals surface area contributed by atoms with Crippen LogP contribution in [0, 0.1) is 34.5 Å². The van der Waals surface area contributed by atoms with Gasteiger partial charge < -0.3 is 4.90 Å². The maximum absolute atomic E-state index is 13.0. The summed E-state index contributed by atoms with van der Waals surface area (Å²) in [6.07, 6.45) is 5.10. The summed E-state index contributed by atoms with van der Waals surface area (Å²) in [4.78, 5) is 41.7. The second-order valence-corrected chi connectivity index (χ2v) is 11.8. The van der Waals surface area contributed by atoms with E-state index in [1.807, 2.05) is 20.8 Å². The lowest BCUT2D eigenvalue weighted by molar-refractivity contribution is -0.142.